The summed E-state index contributed by atoms with van der Waals surface area (Å²) in [5.74, 6) is -0.474. The fourth-order valence-electron chi connectivity index (χ4n) is 3.14. The van der Waals surface area contributed by atoms with Crippen molar-refractivity contribution in [1.82, 2.24) is 9.78 Å². The third kappa shape index (κ3) is 5.50. The number of amides is 1. The Balaban J connectivity index is 1.95. The molecule has 0 unspecified atom stereocenters. The highest BCUT2D eigenvalue weighted by Crippen LogP contribution is 2.33. The van der Waals surface area contributed by atoms with Crippen LogP contribution < -0.4 is 5.73 Å². The lowest BCUT2D eigenvalue weighted by Gasteiger charge is -2.09. The summed E-state index contributed by atoms with van der Waals surface area (Å²) in [6.45, 7) is 0. The molecule has 2 aromatic carbocycles. The van der Waals surface area contributed by atoms with Crippen LogP contribution in [0.2, 0.25) is 0 Å². The van der Waals surface area contributed by atoms with Gasteiger partial charge in [-0.05, 0) is 48.6 Å². The van der Waals surface area contributed by atoms with E-state index in [4.69, 9.17) is 5.73 Å². The standard InChI is InChI=1S/C22H21BrF3N3O/c23-12-2-1-3-15-4-8-17(9-5-15)19-14-20(22(24,25)26)28-29(19)18-10-6-16(7-11-18)13-21(27)30/h4-11,14H,1-3,12-13H2,(H2,27,30). The van der Waals surface area contributed by atoms with Gasteiger partial charge in [-0.3, -0.25) is 4.79 Å². The quantitative estimate of drug-likeness (QED) is 0.351. The van der Waals surface area contributed by atoms with E-state index in [1.807, 2.05) is 24.3 Å². The van der Waals surface area contributed by atoms with Crippen molar-refractivity contribution < 1.29 is 18.0 Å². The number of nitrogens with two attached hydrogens (primary N) is 1. The minimum absolute atomic E-state index is 0.0661. The average molecular weight is 480 g/mol. The summed E-state index contributed by atoms with van der Waals surface area (Å²) >= 11 is 3.41. The molecule has 0 radical (unpaired) electrons. The molecule has 4 nitrogen and oxygen atoms in total. The van der Waals surface area contributed by atoms with Crippen LogP contribution in [0.15, 0.2) is 54.6 Å². The third-order valence-corrected chi connectivity index (χ3v) is 5.22. The summed E-state index contributed by atoms with van der Waals surface area (Å²) in [6.07, 6.45) is -1.47. The smallest absolute Gasteiger partial charge is 0.369 e. The number of hydrogen-bond acceptors (Lipinski definition) is 2. The second-order valence-electron chi connectivity index (χ2n) is 6.98. The van der Waals surface area contributed by atoms with Crippen molar-refractivity contribution in [1.29, 1.82) is 0 Å². The van der Waals surface area contributed by atoms with Crippen molar-refractivity contribution in [3.8, 4) is 16.9 Å². The van der Waals surface area contributed by atoms with E-state index < -0.39 is 17.8 Å². The molecule has 0 aliphatic carbocycles. The van der Waals surface area contributed by atoms with Crippen molar-refractivity contribution >= 4 is 21.8 Å². The monoisotopic (exact) mass is 479 g/mol. The molecule has 0 saturated heterocycles. The van der Waals surface area contributed by atoms with Gasteiger partial charge in [0, 0.05) is 10.9 Å². The van der Waals surface area contributed by atoms with Gasteiger partial charge in [0.05, 0.1) is 17.8 Å². The van der Waals surface area contributed by atoms with Gasteiger partial charge in [-0.2, -0.15) is 18.3 Å². The van der Waals surface area contributed by atoms with Crippen molar-refractivity contribution in [3.63, 3.8) is 0 Å². The molecule has 1 amide bonds. The van der Waals surface area contributed by atoms with Crippen LogP contribution in [-0.4, -0.2) is 21.0 Å². The first-order chi connectivity index (χ1) is 14.3. The van der Waals surface area contributed by atoms with Crippen LogP contribution in [0.1, 0.15) is 29.7 Å². The second kappa shape index (κ2) is 9.47. The number of carbonyl (C=O) groups excluding carboxylic acids is 1. The van der Waals surface area contributed by atoms with Gasteiger partial charge in [-0.15, -0.1) is 0 Å². The van der Waals surface area contributed by atoms with Gasteiger partial charge in [-0.1, -0.05) is 52.3 Å². The Morgan fingerprint density at radius 2 is 1.63 bits per heavy atom. The predicted octanol–water partition coefficient (Wildman–Crippen LogP) is 5.30. The summed E-state index contributed by atoms with van der Waals surface area (Å²) in [4.78, 5) is 11.1. The number of hydrogen-bond donors (Lipinski definition) is 1. The van der Waals surface area contributed by atoms with E-state index >= 15 is 0 Å². The Bertz CT molecular complexity index is 996. The molecule has 0 aliphatic heterocycles. The Kier molecular flexibility index (Phi) is 6.97. The molecule has 2 N–H and O–H groups in total. The highest BCUT2D eigenvalue weighted by Gasteiger charge is 2.35. The zero-order valence-electron chi connectivity index (χ0n) is 16.1. The normalized spacial score (nSPS) is 11.6. The number of alkyl halides is 4. The van der Waals surface area contributed by atoms with Crippen molar-refractivity contribution in [2.24, 2.45) is 5.73 Å². The maximum absolute atomic E-state index is 13.3. The first kappa shape index (κ1) is 22.1. The first-order valence-electron chi connectivity index (χ1n) is 9.48. The number of rotatable bonds is 8. The summed E-state index contributed by atoms with van der Waals surface area (Å²) in [6, 6.07) is 15.1. The number of nitrogens with zero attached hydrogens (tertiary/aromatic N) is 2. The molecule has 3 rings (SSSR count). The van der Waals surface area contributed by atoms with Crippen LogP contribution in [0, 0.1) is 0 Å². The van der Waals surface area contributed by atoms with Gasteiger partial charge < -0.3 is 5.73 Å². The van der Waals surface area contributed by atoms with E-state index in [1.165, 1.54) is 4.68 Å². The fraction of sp³-hybridized carbons (Fsp3) is 0.273. The Morgan fingerprint density at radius 3 is 2.20 bits per heavy atom. The van der Waals surface area contributed by atoms with Crippen molar-refractivity contribution in [2.75, 3.05) is 5.33 Å². The van der Waals surface area contributed by atoms with E-state index in [-0.39, 0.29) is 6.42 Å². The number of benzene rings is 2. The number of aromatic nitrogens is 2. The molecular formula is C22H21BrF3N3O. The number of unbranched alkanes of at least 4 members (excludes halogenated alkanes) is 1. The van der Waals surface area contributed by atoms with E-state index in [9.17, 15) is 18.0 Å². The van der Waals surface area contributed by atoms with Crippen LogP contribution in [0.4, 0.5) is 13.2 Å². The molecule has 0 fully saturated rings. The highest BCUT2D eigenvalue weighted by atomic mass is 79.9. The summed E-state index contributed by atoms with van der Waals surface area (Å²) in [7, 11) is 0. The van der Waals surface area contributed by atoms with Crippen LogP contribution in [0.3, 0.4) is 0 Å². The van der Waals surface area contributed by atoms with E-state index in [2.05, 4.69) is 21.0 Å². The molecule has 0 spiro atoms. The van der Waals surface area contributed by atoms with Crippen LogP contribution in [0.5, 0.6) is 0 Å². The van der Waals surface area contributed by atoms with Crippen LogP contribution in [-0.2, 0) is 23.8 Å². The molecule has 0 saturated carbocycles. The molecule has 30 heavy (non-hydrogen) atoms. The van der Waals surface area contributed by atoms with Crippen LogP contribution >= 0.6 is 15.9 Å². The maximum Gasteiger partial charge on any atom is 0.435 e. The molecule has 1 aromatic heterocycles. The lowest BCUT2D eigenvalue weighted by Crippen LogP contribution is -2.13. The predicted molar refractivity (Wildman–Crippen MR) is 114 cm³/mol. The van der Waals surface area contributed by atoms with Gasteiger partial charge in [0.25, 0.3) is 0 Å². The molecular weight excluding hydrogens is 459 g/mol. The average Bonchev–Trinajstić information content (AvgIpc) is 3.15. The third-order valence-electron chi connectivity index (χ3n) is 4.66. The molecule has 8 heteroatoms. The Labute approximate surface area is 181 Å². The molecule has 1 heterocycles. The fourth-order valence-corrected chi connectivity index (χ4v) is 3.54. The summed E-state index contributed by atoms with van der Waals surface area (Å²) in [5.41, 5.74) is 7.51. The lowest BCUT2D eigenvalue weighted by molar-refractivity contribution is -0.141. The minimum atomic E-state index is -4.55. The van der Waals surface area contributed by atoms with Gasteiger partial charge in [-0.25, -0.2) is 4.68 Å². The molecule has 0 aliphatic rings. The van der Waals surface area contributed by atoms with Gasteiger partial charge in [0.2, 0.25) is 5.91 Å². The Hall–Kier alpha value is -2.61. The van der Waals surface area contributed by atoms with Crippen molar-refractivity contribution in [3.05, 3.63) is 71.4 Å². The zero-order valence-corrected chi connectivity index (χ0v) is 17.7. The van der Waals surface area contributed by atoms with Crippen molar-refractivity contribution in [2.45, 2.75) is 31.9 Å². The lowest BCUT2D eigenvalue weighted by atomic mass is 10.0. The largest absolute Gasteiger partial charge is 0.435 e. The van der Waals surface area contributed by atoms with Gasteiger partial charge in [0.15, 0.2) is 5.69 Å². The highest BCUT2D eigenvalue weighted by molar-refractivity contribution is 9.09. The summed E-state index contributed by atoms with van der Waals surface area (Å²) < 4.78 is 41.3. The topological polar surface area (TPSA) is 60.9 Å². The molecule has 0 bridgehead atoms. The number of primary amides is 1. The second-order valence-corrected chi connectivity index (χ2v) is 7.77. The van der Waals surface area contributed by atoms with Gasteiger partial charge in [0.1, 0.15) is 0 Å². The molecule has 3 aromatic rings. The maximum atomic E-state index is 13.3. The minimum Gasteiger partial charge on any atom is -0.369 e. The van der Waals surface area contributed by atoms with Crippen LogP contribution in [0.25, 0.3) is 16.9 Å². The van der Waals surface area contributed by atoms with E-state index in [0.29, 0.717) is 22.5 Å². The van der Waals surface area contributed by atoms with Gasteiger partial charge >= 0.3 is 6.18 Å². The SMILES string of the molecule is NC(=O)Cc1ccc(-n2nc(C(F)(F)F)cc2-c2ccc(CCCCBr)cc2)cc1. The van der Waals surface area contributed by atoms with E-state index in [0.717, 1.165) is 36.2 Å². The number of carbonyl (C=O) groups is 1. The van der Waals surface area contributed by atoms with E-state index in [1.54, 1.807) is 24.3 Å². The molecule has 0 atom stereocenters. The molecule has 158 valence electrons. The number of aryl methyl sites for hydroxylation is 1. The first-order valence-corrected chi connectivity index (χ1v) is 10.6. The Morgan fingerprint density at radius 1 is 1.00 bits per heavy atom. The number of halogens is 4. The summed E-state index contributed by atoms with van der Waals surface area (Å²) in [5, 5.41) is 4.74. The zero-order chi connectivity index (χ0) is 21.7.